The Morgan fingerprint density at radius 3 is 2.64 bits per heavy atom. The number of aromatic hydroxyl groups is 1. The molecule has 1 aliphatic heterocycles. The highest BCUT2D eigenvalue weighted by molar-refractivity contribution is 14.0. The molecule has 3 N–H and O–H groups in total. The molecule has 1 aromatic carbocycles. The topological polar surface area (TPSA) is 59.9 Å². The first-order valence-electron chi connectivity index (χ1n) is 10.8. The minimum Gasteiger partial charge on any atom is -0.508 e. The zero-order valence-electron chi connectivity index (χ0n) is 17.5. The van der Waals surface area contributed by atoms with Crippen LogP contribution in [0.4, 0.5) is 0 Å². The maximum absolute atomic E-state index is 10.4. The molecule has 0 unspecified atom stereocenters. The number of phenols is 1. The standard InChI is InChI=1S/C22H36N4O.HI/c1-3-13-26-14-11-18(12-15-26)25-22(23-4-2)24-16-20-19-8-6-5-7-17(19)9-10-21(20)27;/h9-10,18,27H,3-8,11-16H2,1-2H3,(H2,23,24,25);1H. The van der Waals surface area contributed by atoms with Gasteiger partial charge in [-0.15, -0.1) is 24.0 Å². The highest BCUT2D eigenvalue weighted by Gasteiger charge is 2.20. The summed E-state index contributed by atoms with van der Waals surface area (Å²) in [4.78, 5) is 7.38. The minimum atomic E-state index is 0. The summed E-state index contributed by atoms with van der Waals surface area (Å²) in [6.45, 7) is 9.27. The van der Waals surface area contributed by atoms with Crippen molar-refractivity contribution >= 4 is 29.9 Å². The number of hydrogen-bond donors (Lipinski definition) is 3. The number of piperidine rings is 1. The van der Waals surface area contributed by atoms with Gasteiger partial charge in [0.05, 0.1) is 6.54 Å². The fourth-order valence-electron chi connectivity index (χ4n) is 4.36. The Morgan fingerprint density at radius 2 is 1.93 bits per heavy atom. The summed E-state index contributed by atoms with van der Waals surface area (Å²) in [5.41, 5.74) is 3.74. The summed E-state index contributed by atoms with van der Waals surface area (Å²) in [7, 11) is 0. The van der Waals surface area contributed by atoms with Crippen molar-refractivity contribution in [1.29, 1.82) is 0 Å². The molecule has 1 heterocycles. The number of halogens is 1. The van der Waals surface area contributed by atoms with Crippen LogP contribution in [0.3, 0.4) is 0 Å². The van der Waals surface area contributed by atoms with E-state index in [0.29, 0.717) is 18.3 Å². The van der Waals surface area contributed by atoms with Gasteiger partial charge in [-0.1, -0.05) is 13.0 Å². The molecule has 0 amide bonds. The van der Waals surface area contributed by atoms with Crippen molar-refractivity contribution in [3.8, 4) is 5.75 Å². The van der Waals surface area contributed by atoms with Crippen LogP contribution in [0.15, 0.2) is 17.1 Å². The van der Waals surface area contributed by atoms with Crippen molar-refractivity contribution in [2.24, 2.45) is 4.99 Å². The Labute approximate surface area is 187 Å². The molecule has 3 rings (SSSR count). The van der Waals surface area contributed by atoms with Crippen molar-refractivity contribution < 1.29 is 5.11 Å². The summed E-state index contributed by atoms with van der Waals surface area (Å²) in [5.74, 6) is 1.27. The summed E-state index contributed by atoms with van der Waals surface area (Å²) in [5, 5.41) is 17.4. The highest BCUT2D eigenvalue weighted by atomic mass is 127. The van der Waals surface area contributed by atoms with Gasteiger partial charge in [-0.2, -0.15) is 0 Å². The van der Waals surface area contributed by atoms with Gasteiger partial charge < -0.3 is 20.6 Å². The second kappa shape index (κ2) is 11.9. The third kappa shape index (κ3) is 6.24. The van der Waals surface area contributed by atoms with Gasteiger partial charge in [0.15, 0.2) is 5.96 Å². The number of aliphatic imine (C=N–C) groups is 1. The molecule has 1 aromatic rings. The van der Waals surface area contributed by atoms with Crippen LogP contribution in [0.2, 0.25) is 0 Å². The summed E-state index contributed by atoms with van der Waals surface area (Å²) in [6.07, 6.45) is 8.21. The molecule has 0 radical (unpaired) electrons. The maximum Gasteiger partial charge on any atom is 0.191 e. The number of aryl methyl sites for hydroxylation is 1. The lowest BCUT2D eigenvalue weighted by atomic mass is 9.88. The van der Waals surface area contributed by atoms with Crippen LogP contribution in [0.25, 0.3) is 0 Å². The molecule has 5 nitrogen and oxygen atoms in total. The fraction of sp³-hybridized carbons (Fsp3) is 0.682. The van der Waals surface area contributed by atoms with Crippen LogP contribution in [0.1, 0.15) is 62.6 Å². The third-order valence-electron chi connectivity index (χ3n) is 5.83. The first-order valence-corrected chi connectivity index (χ1v) is 10.8. The average molecular weight is 500 g/mol. The van der Waals surface area contributed by atoms with Crippen LogP contribution < -0.4 is 10.6 Å². The molecular weight excluding hydrogens is 463 g/mol. The molecule has 0 bridgehead atoms. The number of phenolic OH excluding ortho intramolecular Hbond substituents is 1. The molecule has 0 atom stereocenters. The number of nitrogens with one attached hydrogen (secondary N) is 2. The Morgan fingerprint density at radius 1 is 1.18 bits per heavy atom. The number of nitrogens with zero attached hydrogens (tertiary/aromatic N) is 2. The molecule has 28 heavy (non-hydrogen) atoms. The van der Waals surface area contributed by atoms with Crippen LogP contribution >= 0.6 is 24.0 Å². The number of fused-ring (bicyclic) bond motifs is 1. The number of hydrogen-bond acceptors (Lipinski definition) is 3. The van der Waals surface area contributed by atoms with Crippen molar-refractivity contribution in [3.05, 3.63) is 28.8 Å². The molecular formula is C22H37IN4O. The van der Waals surface area contributed by atoms with Gasteiger partial charge in [-0.25, -0.2) is 4.99 Å². The molecule has 6 heteroatoms. The van der Waals surface area contributed by atoms with E-state index >= 15 is 0 Å². The van der Waals surface area contributed by atoms with E-state index in [2.05, 4.69) is 35.4 Å². The zero-order chi connectivity index (χ0) is 19.1. The lowest BCUT2D eigenvalue weighted by molar-refractivity contribution is 0.206. The van der Waals surface area contributed by atoms with Gasteiger partial charge in [-0.3, -0.25) is 0 Å². The Balaban J connectivity index is 0.00000280. The Bertz CT molecular complexity index is 642. The minimum absolute atomic E-state index is 0. The van der Waals surface area contributed by atoms with Gasteiger partial charge in [0, 0.05) is 31.2 Å². The number of benzene rings is 1. The van der Waals surface area contributed by atoms with Gasteiger partial charge in [0.1, 0.15) is 5.75 Å². The maximum atomic E-state index is 10.4. The van der Waals surface area contributed by atoms with Crippen LogP contribution in [-0.4, -0.2) is 48.2 Å². The normalized spacial score (nSPS) is 18.3. The molecule has 0 spiro atoms. The third-order valence-corrected chi connectivity index (χ3v) is 5.83. The largest absolute Gasteiger partial charge is 0.508 e. The quantitative estimate of drug-likeness (QED) is 0.316. The van der Waals surface area contributed by atoms with Crippen LogP contribution in [0.5, 0.6) is 5.75 Å². The summed E-state index contributed by atoms with van der Waals surface area (Å²) < 4.78 is 0. The fourth-order valence-corrected chi connectivity index (χ4v) is 4.36. The van der Waals surface area contributed by atoms with Crippen LogP contribution in [-0.2, 0) is 19.4 Å². The monoisotopic (exact) mass is 500 g/mol. The van der Waals surface area contributed by atoms with E-state index in [-0.39, 0.29) is 24.0 Å². The summed E-state index contributed by atoms with van der Waals surface area (Å²) >= 11 is 0. The number of rotatable bonds is 6. The number of likely N-dealkylation sites (tertiary alicyclic amines) is 1. The molecule has 1 fully saturated rings. The van der Waals surface area contributed by atoms with Crippen molar-refractivity contribution in [2.75, 3.05) is 26.2 Å². The number of guanidine groups is 1. The van der Waals surface area contributed by atoms with E-state index in [1.54, 1.807) is 0 Å². The zero-order valence-corrected chi connectivity index (χ0v) is 19.8. The smallest absolute Gasteiger partial charge is 0.191 e. The predicted octanol–water partition coefficient (Wildman–Crippen LogP) is 3.82. The lowest BCUT2D eigenvalue weighted by Crippen LogP contribution is -2.48. The molecule has 158 valence electrons. The molecule has 1 saturated heterocycles. The lowest BCUT2D eigenvalue weighted by Gasteiger charge is -2.32. The van der Waals surface area contributed by atoms with Gasteiger partial charge in [0.25, 0.3) is 0 Å². The van der Waals surface area contributed by atoms with Crippen molar-refractivity contribution in [2.45, 2.75) is 71.4 Å². The van der Waals surface area contributed by atoms with Gasteiger partial charge in [0.2, 0.25) is 0 Å². The average Bonchev–Trinajstić information content (AvgIpc) is 2.69. The van der Waals surface area contributed by atoms with Crippen molar-refractivity contribution in [3.63, 3.8) is 0 Å². The van der Waals surface area contributed by atoms with Gasteiger partial charge in [-0.05, 0) is 75.6 Å². The predicted molar refractivity (Wildman–Crippen MR) is 128 cm³/mol. The van der Waals surface area contributed by atoms with E-state index in [1.165, 1.54) is 36.9 Å². The highest BCUT2D eigenvalue weighted by Crippen LogP contribution is 2.31. The van der Waals surface area contributed by atoms with Gasteiger partial charge >= 0.3 is 0 Å². The second-order valence-corrected chi connectivity index (χ2v) is 7.86. The van der Waals surface area contributed by atoms with E-state index in [9.17, 15) is 5.11 Å². The first-order chi connectivity index (χ1) is 13.2. The Hall–Kier alpha value is -1.02. The van der Waals surface area contributed by atoms with Crippen molar-refractivity contribution in [1.82, 2.24) is 15.5 Å². The Kier molecular flexibility index (Phi) is 9.85. The molecule has 1 aliphatic carbocycles. The van der Waals surface area contributed by atoms with E-state index in [4.69, 9.17) is 4.99 Å². The molecule has 0 saturated carbocycles. The SMILES string of the molecule is CCCN1CCC(NC(=NCc2c(O)ccc3c2CCCC3)NCC)CC1.I. The molecule has 0 aromatic heterocycles. The summed E-state index contributed by atoms with van der Waals surface area (Å²) in [6, 6.07) is 4.41. The van der Waals surface area contributed by atoms with Crippen LogP contribution in [0, 0.1) is 0 Å². The van der Waals surface area contributed by atoms with E-state index in [1.807, 2.05) is 6.07 Å². The van der Waals surface area contributed by atoms with E-state index in [0.717, 1.165) is 56.8 Å². The second-order valence-electron chi connectivity index (χ2n) is 7.86. The van der Waals surface area contributed by atoms with E-state index < -0.39 is 0 Å². The first kappa shape index (κ1) is 23.3. The molecule has 2 aliphatic rings.